The summed E-state index contributed by atoms with van der Waals surface area (Å²) in [5.41, 5.74) is 1.68. The highest BCUT2D eigenvalue weighted by Gasteiger charge is 2.23. The van der Waals surface area contributed by atoms with E-state index in [1.807, 2.05) is 18.2 Å². The minimum atomic E-state index is -0.159. The van der Waals surface area contributed by atoms with Gasteiger partial charge in [0.15, 0.2) is 0 Å². The van der Waals surface area contributed by atoms with Crippen LogP contribution in [0, 0.1) is 0 Å². The molecule has 0 aromatic heterocycles. The standard InChI is InChI=1S/C19H20Cl2N2O2/c20-16-7-6-15(12-17(16)21)19(24)22-13-18(14-4-2-1-3-5-14)23-8-10-25-11-9-23/h1-7,12,18H,8-11,13H2,(H,22,24)/t18-/m0/s1. The SMILES string of the molecule is O=C(NC[C@@H](c1ccccc1)N1CCOCC1)c1ccc(Cl)c(Cl)c1. The molecule has 1 saturated heterocycles. The van der Waals surface area contributed by atoms with Crippen molar-refractivity contribution < 1.29 is 9.53 Å². The summed E-state index contributed by atoms with van der Waals surface area (Å²) >= 11 is 11.9. The first-order valence-corrected chi connectivity index (χ1v) is 9.01. The highest BCUT2D eigenvalue weighted by atomic mass is 35.5. The Morgan fingerprint density at radius 1 is 1.08 bits per heavy atom. The van der Waals surface area contributed by atoms with E-state index in [0.717, 1.165) is 13.1 Å². The van der Waals surface area contributed by atoms with E-state index in [-0.39, 0.29) is 11.9 Å². The number of halogens is 2. The summed E-state index contributed by atoms with van der Waals surface area (Å²) in [6, 6.07) is 15.2. The Kier molecular flexibility index (Phi) is 6.32. The first kappa shape index (κ1) is 18.2. The molecule has 6 heteroatoms. The molecule has 3 rings (SSSR count). The molecule has 4 nitrogen and oxygen atoms in total. The van der Waals surface area contributed by atoms with Gasteiger partial charge in [0.25, 0.3) is 5.91 Å². The average Bonchev–Trinajstić information content (AvgIpc) is 2.66. The van der Waals surface area contributed by atoms with Crippen molar-refractivity contribution in [3.63, 3.8) is 0 Å². The number of hydrogen-bond donors (Lipinski definition) is 1. The number of nitrogens with zero attached hydrogens (tertiary/aromatic N) is 1. The largest absolute Gasteiger partial charge is 0.379 e. The second kappa shape index (κ2) is 8.68. The van der Waals surface area contributed by atoms with Crippen molar-refractivity contribution in [3.8, 4) is 0 Å². The van der Waals surface area contributed by atoms with Crippen LogP contribution in [0.5, 0.6) is 0 Å². The van der Waals surface area contributed by atoms with Crippen molar-refractivity contribution >= 4 is 29.1 Å². The molecule has 1 amide bonds. The highest BCUT2D eigenvalue weighted by Crippen LogP contribution is 2.23. The van der Waals surface area contributed by atoms with Gasteiger partial charge in [-0.2, -0.15) is 0 Å². The number of nitrogens with one attached hydrogen (secondary N) is 1. The second-order valence-corrected chi connectivity index (χ2v) is 6.73. The number of amides is 1. The molecule has 25 heavy (non-hydrogen) atoms. The van der Waals surface area contributed by atoms with Crippen LogP contribution in [0.4, 0.5) is 0 Å². The third-order valence-corrected chi connectivity index (χ3v) is 5.05. The highest BCUT2D eigenvalue weighted by molar-refractivity contribution is 6.42. The maximum atomic E-state index is 12.5. The zero-order valence-electron chi connectivity index (χ0n) is 13.8. The van der Waals surface area contributed by atoms with Crippen LogP contribution in [0.25, 0.3) is 0 Å². The van der Waals surface area contributed by atoms with Crippen molar-refractivity contribution in [1.29, 1.82) is 0 Å². The lowest BCUT2D eigenvalue weighted by atomic mass is 10.0. The molecule has 0 aliphatic carbocycles. The molecule has 0 spiro atoms. The summed E-state index contributed by atoms with van der Waals surface area (Å²) < 4.78 is 5.45. The van der Waals surface area contributed by atoms with Gasteiger partial charge in [-0.15, -0.1) is 0 Å². The molecule has 1 N–H and O–H groups in total. The molecule has 0 radical (unpaired) electrons. The Bertz CT molecular complexity index is 719. The molecular weight excluding hydrogens is 359 g/mol. The van der Waals surface area contributed by atoms with E-state index in [4.69, 9.17) is 27.9 Å². The first-order chi connectivity index (χ1) is 12.1. The van der Waals surface area contributed by atoms with Crippen molar-refractivity contribution in [2.45, 2.75) is 6.04 Å². The predicted molar refractivity (Wildman–Crippen MR) is 100 cm³/mol. The fourth-order valence-corrected chi connectivity index (χ4v) is 3.25. The Hall–Kier alpha value is -1.59. The fraction of sp³-hybridized carbons (Fsp3) is 0.316. The molecule has 1 atom stereocenters. The van der Waals surface area contributed by atoms with E-state index in [9.17, 15) is 4.79 Å². The number of hydrogen-bond acceptors (Lipinski definition) is 3. The van der Waals surface area contributed by atoms with Gasteiger partial charge in [-0.25, -0.2) is 0 Å². The summed E-state index contributed by atoms with van der Waals surface area (Å²) in [7, 11) is 0. The minimum absolute atomic E-state index is 0.108. The number of morpholine rings is 1. The van der Waals surface area contributed by atoms with Crippen molar-refractivity contribution in [2.24, 2.45) is 0 Å². The van der Waals surface area contributed by atoms with Crippen LogP contribution in [-0.4, -0.2) is 43.7 Å². The van der Waals surface area contributed by atoms with Gasteiger partial charge in [0.2, 0.25) is 0 Å². The van der Waals surface area contributed by atoms with Crippen LogP contribution < -0.4 is 5.32 Å². The topological polar surface area (TPSA) is 41.6 Å². The Labute approximate surface area is 157 Å². The van der Waals surface area contributed by atoms with E-state index in [0.29, 0.717) is 35.4 Å². The number of carbonyl (C=O) groups excluding carboxylic acids is 1. The zero-order valence-corrected chi connectivity index (χ0v) is 15.3. The predicted octanol–water partition coefficient (Wildman–Crippen LogP) is 3.80. The van der Waals surface area contributed by atoms with Crippen LogP contribution >= 0.6 is 23.2 Å². The number of rotatable bonds is 5. The summed E-state index contributed by atoms with van der Waals surface area (Å²) in [5, 5.41) is 3.83. The molecule has 1 fully saturated rings. The van der Waals surface area contributed by atoms with Crippen molar-refractivity contribution in [3.05, 3.63) is 69.7 Å². The summed E-state index contributed by atoms with van der Waals surface area (Å²) in [5.74, 6) is -0.159. The van der Waals surface area contributed by atoms with Gasteiger partial charge in [0, 0.05) is 25.2 Å². The smallest absolute Gasteiger partial charge is 0.251 e. The molecule has 2 aromatic rings. The normalized spacial score (nSPS) is 16.4. The molecule has 1 aliphatic heterocycles. The number of carbonyl (C=O) groups is 1. The van der Waals surface area contributed by atoms with Gasteiger partial charge in [-0.05, 0) is 23.8 Å². The molecule has 1 heterocycles. The Balaban J connectivity index is 1.71. The quantitative estimate of drug-likeness (QED) is 0.860. The van der Waals surface area contributed by atoms with Crippen LogP contribution in [0.3, 0.4) is 0 Å². The Morgan fingerprint density at radius 3 is 2.48 bits per heavy atom. The third-order valence-electron chi connectivity index (χ3n) is 4.31. The lowest BCUT2D eigenvalue weighted by molar-refractivity contribution is 0.0162. The van der Waals surface area contributed by atoms with Crippen LogP contribution in [-0.2, 0) is 4.74 Å². The van der Waals surface area contributed by atoms with Crippen LogP contribution in [0.1, 0.15) is 22.0 Å². The average molecular weight is 379 g/mol. The summed E-state index contributed by atoms with van der Waals surface area (Å²) in [6.07, 6.45) is 0. The number of ether oxygens (including phenoxy) is 1. The van der Waals surface area contributed by atoms with Gasteiger partial charge >= 0.3 is 0 Å². The van der Waals surface area contributed by atoms with E-state index >= 15 is 0 Å². The van der Waals surface area contributed by atoms with E-state index in [1.54, 1.807) is 18.2 Å². The van der Waals surface area contributed by atoms with Gasteiger partial charge in [0.1, 0.15) is 0 Å². The maximum Gasteiger partial charge on any atom is 0.251 e. The molecule has 1 aliphatic rings. The summed E-state index contributed by atoms with van der Waals surface area (Å²) in [6.45, 7) is 3.64. The molecule has 132 valence electrons. The van der Waals surface area contributed by atoms with E-state index in [1.165, 1.54) is 5.56 Å². The maximum absolute atomic E-state index is 12.5. The van der Waals surface area contributed by atoms with Gasteiger partial charge in [0.05, 0.1) is 29.3 Å². The zero-order chi connectivity index (χ0) is 17.6. The third kappa shape index (κ3) is 4.73. The lowest BCUT2D eigenvalue weighted by Crippen LogP contribution is -2.43. The molecule has 0 bridgehead atoms. The summed E-state index contributed by atoms with van der Waals surface area (Å²) in [4.78, 5) is 14.8. The van der Waals surface area contributed by atoms with E-state index in [2.05, 4.69) is 22.3 Å². The van der Waals surface area contributed by atoms with Crippen molar-refractivity contribution in [2.75, 3.05) is 32.8 Å². The molecular formula is C19H20Cl2N2O2. The fourth-order valence-electron chi connectivity index (χ4n) is 2.95. The monoisotopic (exact) mass is 378 g/mol. The van der Waals surface area contributed by atoms with E-state index < -0.39 is 0 Å². The van der Waals surface area contributed by atoms with Crippen LogP contribution in [0.2, 0.25) is 10.0 Å². The minimum Gasteiger partial charge on any atom is -0.379 e. The molecule has 2 aromatic carbocycles. The molecule has 0 unspecified atom stereocenters. The second-order valence-electron chi connectivity index (χ2n) is 5.91. The van der Waals surface area contributed by atoms with Gasteiger partial charge < -0.3 is 10.1 Å². The van der Waals surface area contributed by atoms with Gasteiger partial charge in [-0.3, -0.25) is 9.69 Å². The first-order valence-electron chi connectivity index (χ1n) is 8.25. The lowest BCUT2D eigenvalue weighted by Gasteiger charge is -2.35. The Morgan fingerprint density at radius 2 is 1.80 bits per heavy atom. The van der Waals surface area contributed by atoms with Gasteiger partial charge in [-0.1, -0.05) is 53.5 Å². The molecule has 0 saturated carbocycles. The van der Waals surface area contributed by atoms with Crippen molar-refractivity contribution in [1.82, 2.24) is 10.2 Å². The number of benzene rings is 2. The van der Waals surface area contributed by atoms with Crippen LogP contribution in [0.15, 0.2) is 48.5 Å².